The number of alkyl halides is 3. The standard InChI is InChI=1S/C16H16F3N3O3/c17-16(18,19)15-21-10-3-1-2-4-12(10)22(15)8-13(23)20-11(14(24)25)7-9-5-6-9/h1-4,9,11H,5-8H2,(H,20,23)(H,24,25). The number of halogens is 3. The SMILES string of the molecule is O=C(Cn1c(C(F)(F)F)nc2ccccc21)NC(CC1CC1)C(=O)O. The van der Waals surface area contributed by atoms with Crippen LogP contribution in [-0.2, 0) is 22.3 Å². The molecule has 2 aromatic rings. The van der Waals surface area contributed by atoms with Crippen molar-refractivity contribution in [1.82, 2.24) is 14.9 Å². The third-order valence-corrected chi connectivity index (χ3v) is 4.11. The normalized spacial score (nSPS) is 16.0. The molecule has 0 bridgehead atoms. The van der Waals surface area contributed by atoms with Crippen molar-refractivity contribution in [2.24, 2.45) is 5.92 Å². The number of aromatic nitrogens is 2. The number of nitrogens with zero attached hydrogens (tertiary/aromatic N) is 2. The lowest BCUT2D eigenvalue weighted by Gasteiger charge is -2.16. The summed E-state index contributed by atoms with van der Waals surface area (Å²) >= 11 is 0. The number of carbonyl (C=O) groups excluding carboxylic acids is 1. The van der Waals surface area contributed by atoms with Gasteiger partial charge in [0.2, 0.25) is 11.7 Å². The molecule has 1 aliphatic carbocycles. The zero-order valence-corrected chi connectivity index (χ0v) is 13.1. The molecule has 134 valence electrons. The van der Waals surface area contributed by atoms with Gasteiger partial charge in [0.05, 0.1) is 11.0 Å². The van der Waals surface area contributed by atoms with Crippen LogP contribution in [0.25, 0.3) is 11.0 Å². The summed E-state index contributed by atoms with van der Waals surface area (Å²) in [5, 5.41) is 11.5. The zero-order chi connectivity index (χ0) is 18.2. The van der Waals surface area contributed by atoms with Crippen molar-refractivity contribution < 1.29 is 27.9 Å². The molecule has 1 aliphatic rings. The first-order chi connectivity index (χ1) is 11.8. The Balaban J connectivity index is 1.83. The van der Waals surface area contributed by atoms with Gasteiger partial charge in [-0.25, -0.2) is 9.78 Å². The minimum Gasteiger partial charge on any atom is -0.480 e. The van der Waals surface area contributed by atoms with E-state index in [4.69, 9.17) is 5.11 Å². The van der Waals surface area contributed by atoms with Crippen molar-refractivity contribution in [3.8, 4) is 0 Å². The van der Waals surface area contributed by atoms with Crippen LogP contribution in [0.5, 0.6) is 0 Å². The van der Waals surface area contributed by atoms with E-state index in [1.54, 1.807) is 12.1 Å². The number of hydrogen-bond donors (Lipinski definition) is 2. The highest BCUT2D eigenvalue weighted by atomic mass is 19.4. The van der Waals surface area contributed by atoms with Crippen molar-refractivity contribution in [2.45, 2.75) is 38.0 Å². The Labute approximate surface area is 140 Å². The molecule has 1 unspecified atom stereocenters. The average molecular weight is 355 g/mol. The highest BCUT2D eigenvalue weighted by molar-refractivity contribution is 5.85. The van der Waals surface area contributed by atoms with Crippen LogP contribution >= 0.6 is 0 Å². The fourth-order valence-electron chi connectivity index (χ4n) is 2.74. The molecule has 0 aliphatic heterocycles. The van der Waals surface area contributed by atoms with Crippen LogP contribution in [0.2, 0.25) is 0 Å². The Morgan fingerprint density at radius 2 is 2.00 bits per heavy atom. The molecule has 9 heteroatoms. The molecule has 3 rings (SSSR count). The van der Waals surface area contributed by atoms with Crippen molar-refractivity contribution >= 4 is 22.9 Å². The molecule has 0 saturated heterocycles. The molecule has 25 heavy (non-hydrogen) atoms. The van der Waals surface area contributed by atoms with Crippen LogP contribution in [0.4, 0.5) is 13.2 Å². The van der Waals surface area contributed by atoms with E-state index in [2.05, 4.69) is 10.3 Å². The van der Waals surface area contributed by atoms with E-state index in [0.717, 1.165) is 17.4 Å². The van der Waals surface area contributed by atoms with Crippen LogP contribution in [0.3, 0.4) is 0 Å². The van der Waals surface area contributed by atoms with Gasteiger partial charge in [0.25, 0.3) is 0 Å². The van der Waals surface area contributed by atoms with Gasteiger partial charge in [0, 0.05) is 0 Å². The number of rotatable bonds is 6. The Hall–Kier alpha value is -2.58. The zero-order valence-electron chi connectivity index (χ0n) is 13.1. The number of para-hydroxylation sites is 2. The molecular weight excluding hydrogens is 339 g/mol. The second kappa shape index (κ2) is 6.38. The maximum Gasteiger partial charge on any atom is 0.449 e. The van der Waals surface area contributed by atoms with Crippen molar-refractivity contribution in [3.63, 3.8) is 0 Å². The van der Waals surface area contributed by atoms with Crippen LogP contribution in [-0.4, -0.2) is 32.6 Å². The van der Waals surface area contributed by atoms with Crippen LogP contribution in [0.15, 0.2) is 24.3 Å². The molecule has 0 spiro atoms. The van der Waals surface area contributed by atoms with Gasteiger partial charge in [0.15, 0.2) is 0 Å². The Kier molecular flexibility index (Phi) is 4.40. The second-order valence-corrected chi connectivity index (χ2v) is 6.15. The first-order valence-electron chi connectivity index (χ1n) is 7.80. The van der Waals surface area contributed by atoms with E-state index in [0.29, 0.717) is 0 Å². The molecule has 2 N–H and O–H groups in total. The van der Waals surface area contributed by atoms with Crippen molar-refractivity contribution in [1.29, 1.82) is 0 Å². The van der Waals surface area contributed by atoms with Gasteiger partial charge < -0.3 is 15.0 Å². The van der Waals surface area contributed by atoms with Gasteiger partial charge in [0.1, 0.15) is 12.6 Å². The number of amides is 1. The quantitative estimate of drug-likeness (QED) is 0.834. The molecule has 1 saturated carbocycles. The first kappa shape index (κ1) is 17.2. The Bertz CT molecular complexity index is 812. The Morgan fingerprint density at radius 3 is 2.60 bits per heavy atom. The molecule has 1 atom stereocenters. The lowest BCUT2D eigenvalue weighted by atomic mass is 10.1. The Morgan fingerprint density at radius 1 is 1.32 bits per heavy atom. The van der Waals surface area contributed by atoms with Crippen molar-refractivity contribution in [2.75, 3.05) is 0 Å². The number of carboxylic acids is 1. The summed E-state index contributed by atoms with van der Waals surface area (Å²) in [7, 11) is 0. The molecule has 6 nitrogen and oxygen atoms in total. The number of fused-ring (bicyclic) bond motifs is 1. The smallest absolute Gasteiger partial charge is 0.449 e. The lowest BCUT2D eigenvalue weighted by Crippen LogP contribution is -2.42. The predicted molar refractivity (Wildman–Crippen MR) is 81.6 cm³/mol. The summed E-state index contributed by atoms with van der Waals surface area (Å²) in [6.07, 6.45) is -2.62. The third kappa shape index (κ3) is 3.92. The van der Waals surface area contributed by atoms with Crippen LogP contribution < -0.4 is 5.32 Å². The molecule has 1 fully saturated rings. The number of aliphatic carboxylic acids is 1. The number of carbonyl (C=O) groups is 2. The highest BCUT2D eigenvalue weighted by Crippen LogP contribution is 2.34. The van der Waals surface area contributed by atoms with Crippen LogP contribution in [0.1, 0.15) is 25.1 Å². The topological polar surface area (TPSA) is 84.2 Å². The van der Waals surface area contributed by atoms with E-state index >= 15 is 0 Å². The molecule has 1 aromatic carbocycles. The van der Waals surface area contributed by atoms with E-state index < -0.39 is 36.5 Å². The summed E-state index contributed by atoms with van der Waals surface area (Å²) in [4.78, 5) is 26.9. The monoisotopic (exact) mass is 355 g/mol. The summed E-state index contributed by atoms with van der Waals surface area (Å²) < 4.78 is 40.4. The largest absolute Gasteiger partial charge is 0.480 e. The minimum absolute atomic E-state index is 0.121. The second-order valence-electron chi connectivity index (χ2n) is 6.15. The van der Waals surface area contributed by atoms with Gasteiger partial charge in [-0.2, -0.15) is 13.2 Å². The number of benzene rings is 1. The first-order valence-corrected chi connectivity index (χ1v) is 7.80. The van der Waals surface area contributed by atoms with Gasteiger partial charge >= 0.3 is 12.1 Å². The number of imidazole rings is 1. The number of carboxylic acid groups (broad SMARTS) is 1. The fraction of sp³-hybridized carbons (Fsp3) is 0.438. The number of nitrogens with one attached hydrogen (secondary N) is 1. The minimum atomic E-state index is -4.72. The number of hydrogen-bond acceptors (Lipinski definition) is 3. The fourth-order valence-corrected chi connectivity index (χ4v) is 2.74. The van der Waals surface area contributed by atoms with Gasteiger partial charge in [-0.3, -0.25) is 4.79 Å². The molecule has 0 radical (unpaired) electrons. The molecule has 1 aromatic heterocycles. The van der Waals surface area contributed by atoms with E-state index in [1.165, 1.54) is 12.1 Å². The van der Waals surface area contributed by atoms with Gasteiger partial charge in [-0.1, -0.05) is 25.0 Å². The highest BCUT2D eigenvalue weighted by Gasteiger charge is 2.38. The average Bonchev–Trinajstić information content (AvgIpc) is 3.26. The van der Waals surface area contributed by atoms with E-state index in [1.807, 2.05) is 0 Å². The van der Waals surface area contributed by atoms with Crippen molar-refractivity contribution in [3.05, 3.63) is 30.1 Å². The third-order valence-electron chi connectivity index (χ3n) is 4.11. The van der Waals surface area contributed by atoms with Gasteiger partial charge in [-0.05, 0) is 24.5 Å². The van der Waals surface area contributed by atoms with Gasteiger partial charge in [-0.15, -0.1) is 0 Å². The maximum atomic E-state index is 13.2. The summed E-state index contributed by atoms with van der Waals surface area (Å²) in [6, 6.07) is 4.86. The summed E-state index contributed by atoms with van der Waals surface area (Å²) in [5.41, 5.74) is 0.287. The molecule has 1 heterocycles. The summed E-state index contributed by atoms with van der Waals surface area (Å²) in [5.74, 6) is -2.91. The molecular formula is C16H16F3N3O3. The van der Waals surface area contributed by atoms with Crippen LogP contribution in [0, 0.1) is 5.92 Å². The van der Waals surface area contributed by atoms with E-state index in [-0.39, 0.29) is 23.4 Å². The van der Waals surface area contributed by atoms with E-state index in [9.17, 15) is 22.8 Å². The predicted octanol–water partition coefficient (Wildman–Crippen LogP) is 2.42. The summed E-state index contributed by atoms with van der Waals surface area (Å²) in [6.45, 7) is -0.649. The maximum absolute atomic E-state index is 13.2. The lowest BCUT2D eigenvalue weighted by molar-refractivity contribution is -0.148. The molecule has 1 amide bonds.